The number of hydrogen-bond acceptors (Lipinski definition) is 3. The van der Waals surface area contributed by atoms with Crippen molar-refractivity contribution in [3.63, 3.8) is 0 Å². The lowest BCUT2D eigenvalue weighted by molar-refractivity contribution is -0.117. The van der Waals surface area contributed by atoms with E-state index < -0.39 is 11.6 Å². The van der Waals surface area contributed by atoms with E-state index >= 15 is 0 Å². The highest BCUT2D eigenvalue weighted by Crippen LogP contribution is 2.21. The summed E-state index contributed by atoms with van der Waals surface area (Å²) in [5, 5.41) is 6.55. The molecule has 1 heterocycles. The van der Waals surface area contributed by atoms with Gasteiger partial charge >= 0.3 is 0 Å². The highest BCUT2D eigenvalue weighted by Gasteiger charge is 2.20. The van der Waals surface area contributed by atoms with Crippen molar-refractivity contribution >= 4 is 34.6 Å². The normalized spacial score (nSPS) is 14.8. The van der Waals surface area contributed by atoms with Gasteiger partial charge in [0.15, 0.2) is 5.11 Å². The van der Waals surface area contributed by atoms with Gasteiger partial charge in [-0.3, -0.25) is 9.69 Å². The van der Waals surface area contributed by atoms with E-state index in [-0.39, 0.29) is 18.1 Å². The van der Waals surface area contributed by atoms with Gasteiger partial charge in [-0.15, -0.1) is 0 Å². The van der Waals surface area contributed by atoms with Crippen LogP contribution in [0.5, 0.6) is 0 Å². The number of benzene rings is 2. The Morgan fingerprint density at radius 1 is 0.935 bits per heavy atom. The third-order valence-electron chi connectivity index (χ3n) is 5.53. The van der Waals surface area contributed by atoms with Crippen molar-refractivity contribution in [1.29, 1.82) is 0 Å². The molecule has 8 heteroatoms. The molecule has 5 nitrogen and oxygen atoms in total. The third-order valence-corrected chi connectivity index (χ3v) is 5.89. The largest absolute Gasteiger partial charge is 0.348 e. The quantitative estimate of drug-likeness (QED) is 0.689. The first-order valence-electron chi connectivity index (χ1n) is 10.3. The molecule has 0 radical (unpaired) electrons. The average molecular weight is 447 g/mol. The molecular formula is C23H28F2N4OS. The molecule has 1 aliphatic rings. The van der Waals surface area contributed by atoms with E-state index in [1.807, 2.05) is 4.90 Å². The standard InChI is InChI=1S/C23H28F2N4OS/c1-15-11-17(3)21(12-16(15)2)27-23(31)29-8-4-7-28(9-10-29)14-22(30)26-20-6-5-18(24)13-19(20)25/h5-6,11-13H,4,7-10,14H2,1-3H3,(H,26,30)(H,27,31). The first-order chi connectivity index (χ1) is 14.7. The lowest BCUT2D eigenvalue weighted by Gasteiger charge is -2.25. The second-order valence-electron chi connectivity index (χ2n) is 7.97. The van der Waals surface area contributed by atoms with Gasteiger partial charge in [0.25, 0.3) is 0 Å². The van der Waals surface area contributed by atoms with Crippen LogP contribution in [-0.2, 0) is 4.79 Å². The van der Waals surface area contributed by atoms with Crippen molar-refractivity contribution < 1.29 is 13.6 Å². The maximum Gasteiger partial charge on any atom is 0.238 e. The van der Waals surface area contributed by atoms with Gasteiger partial charge in [-0.2, -0.15) is 0 Å². The molecule has 0 bridgehead atoms. The van der Waals surface area contributed by atoms with Crippen molar-refractivity contribution in [2.45, 2.75) is 27.2 Å². The summed E-state index contributed by atoms with van der Waals surface area (Å²) in [7, 11) is 0. The van der Waals surface area contributed by atoms with Crippen molar-refractivity contribution in [2.24, 2.45) is 0 Å². The molecule has 31 heavy (non-hydrogen) atoms. The van der Waals surface area contributed by atoms with Crippen LogP contribution in [0.1, 0.15) is 23.1 Å². The maximum absolute atomic E-state index is 13.8. The van der Waals surface area contributed by atoms with E-state index in [2.05, 4.69) is 48.4 Å². The first-order valence-corrected chi connectivity index (χ1v) is 10.7. The topological polar surface area (TPSA) is 47.6 Å². The van der Waals surface area contributed by atoms with Crippen LogP contribution in [0.15, 0.2) is 30.3 Å². The summed E-state index contributed by atoms with van der Waals surface area (Å²) in [6, 6.07) is 7.36. The van der Waals surface area contributed by atoms with Crippen LogP contribution in [0.4, 0.5) is 20.2 Å². The number of nitrogens with one attached hydrogen (secondary N) is 2. The summed E-state index contributed by atoms with van der Waals surface area (Å²) in [6.07, 6.45) is 0.853. The monoisotopic (exact) mass is 446 g/mol. The lowest BCUT2D eigenvalue weighted by Crippen LogP contribution is -2.39. The molecule has 2 aromatic carbocycles. The van der Waals surface area contributed by atoms with E-state index in [9.17, 15) is 13.6 Å². The Bertz CT molecular complexity index is 982. The van der Waals surface area contributed by atoms with Gasteiger partial charge < -0.3 is 15.5 Å². The molecule has 0 saturated carbocycles. The number of amides is 1. The van der Waals surface area contributed by atoms with Crippen LogP contribution in [-0.4, -0.2) is 53.5 Å². The van der Waals surface area contributed by atoms with E-state index in [1.165, 1.54) is 17.2 Å². The molecule has 0 unspecified atom stereocenters. The summed E-state index contributed by atoms with van der Waals surface area (Å²) in [6.45, 7) is 9.25. The zero-order valence-corrected chi connectivity index (χ0v) is 18.9. The van der Waals surface area contributed by atoms with E-state index in [0.717, 1.165) is 42.9 Å². The van der Waals surface area contributed by atoms with Gasteiger partial charge in [-0.25, -0.2) is 8.78 Å². The Labute approximate surface area is 187 Å². The van der Waals surface area contributed by atoms with E-state index in [1.54, 1.807) is 0 Å². The maximum atomic E-state index is 13.8. The zero-order chi connectivity index (χ0) is 22.5. The molecule has 2 aromatic rings. The Morgan fingerprint density at radius 2 is 1.68 bits per heavy atom. The summed E-state index contributed by atoms with van der Waals surface area (Å²) >= 11 is 5.63. The lowest BCUT2D eigenvalue weighted by atomic mass is 10.1. The molecule has 0 atom stereocenters. The Morgan fingerprint density at radius 3 is 2.42 bits per heavy atom. The fraction of sp³-hybridized carbons (Fsp3) is 0.391. The van der Waals surface area contributed by atoms with Gasteiger partial charge in [0.1, 0.15) is 11.6 Å². The molecule has 0 aromatic heterocycles. The van der Waals surface area contributed by atoms with Crippen LogP contribution in [0, 0.1) is 32.4 Å². The zero-order valence-electron chi connectivity index (χ0n) is 18.1. The van der Waals surface area contributed by atoms with Crippen molar-refractivity contribution in [3.05, 3.63) is 58.7 Å². The number of rotatable bonds is 4. The number of hydrogen-bond donors (Lipinski definition) is 2. The average Bonchev–Trinajstić information content (AvgIpc) is 2.94. The minimum Gasteiger partial charge on any atom is -0.348 e. The van der Waals surface area contributed by atoms with Crippen molar-refractivity contribution in [3.8, 4) is 0 Å². The number of nitrogens with zero attached hydrogens (tertiary/aromatic N) is 2. The first kappa shape index (κ1) is 23.1. The molecule has 0 aliphatic carbocycles. The highest BCUT2D eigenvalue weighted by molar-refractivity contribution is 7.80. The summed E-state index contributed by atoms with van der Waals surface area (Å²) in [5.41, 5.74) is 4.60. The van der Waals surface area contributed by atoms with E-state index in [0.29, 0.717) is 18.2 Å². The number of carbonyl (C=O) groups is 1. The molecule has 1 fully saturated rings. The summed E-state index contributed by atoms with van der Waals surface area (Å²) < 4.78 is 26.8. The fourth-order valence-corrected chi connectivity index (χ4v) is 3.90. The number of thiocarbonyl (C=S) groups is 1. The molecule has 1 aliphatic heterocycles. The van der Waals surface area contributed by atoms with Crippen molar-refractivity contribution in [2.75, 3.05) is 43.4 Å². The highest BCUT2D eigenvalue weighted by atomic mass is 32.1. The molecule has 2 N–H and O–H groups in total. The van der Waals surface area contributed by atoms with Gasteiger partial charge in [0, 0.05) is 37.9 Å². The van der Waals surface area contributed by atoms with Crippen LogP contribution in [0.2, 0.25) is 0 Å². The second kappa shape index (κ2) is 10.2. The fourth-order valence-electron chi connectivity index (χ4n) is 3.61. The van der Waals surface area contributed by atoms with Gasteiger partial charge in [-0.05, 0) is 74.3 Å². The smallest absolute Gasteiger partial charge is 0.238 e. The predicted octanol–water partition coefficient (Wildman–Crippen LogP) is 4.23. The van der Waals surface area contributed by atoms with Crippen LogP contribution < -0.4 is 10.6 Å². The summed E-state index contributed by atoms with van der Waals surface area (Å²) in [5.74, 6) is -1.79. The Balaban J connectivity index is 1.53. The van der Waals surface area contributed by atoms with E-state index in [4.69, 9.17) is 12.2 Å². The minimum absolute atomic E-state index is 0.0167. The minimum atomic E-state index is -0.784. The van der Waals surface area contributed by atoms with Crippen LogP contribution >= 0.6 is 12.2 Å². The molecule has 0 spiro atoms. The SMILES string of the molecule is Cc1cc(C)c(NC(=S)N2CCCN(CC(=O)Nc3ccc(F)cc3F)CC2)cc1C. The van der Waals surface area contributed by atoms with Gasteiger partial charge in [-0.1, -0.05) is 6.07 Å². The Kier molecular flexibility index (Phi) is 7.56. The molecular weight excluding hydrogens is 418 g/mol. The van der Waals surface area contributed by atoms with Gasteiger partial charge in [0.05, 0.1) is 12.2 Å². The van der Waals surface area contributed by atoms with Gasteiger partial charge in [0.2, 0.25) is 5.91 Å². The molecule has 1 amide bonds. The molecule has 1 saturated heterocycles. The van der Waals surface area contributed by atoms with Crippen molar-refractivity contribution in [1.82, 2.24) is 9.80 Å². The third kappa shape index (κ3) is 6.21. The summed E-state index contributed by atoms with van der Waals surface area (Å²) in [4.78, 5) is 16.4. The number of aryl methyl sites for hydroxylation is 3. The number of anilines is 2. The van der Waals surface area contributed by atoms with Crippen LogP contribution in [0.3, 0.4) is 0 Å². The van der Waals surface area contributed by atoms with Crippen LogP contribution in [0.25, 0.3) is 0 Å². The molecule has 166 valence electrons. The predicted molar refractivity (Wildman–Crippen MR) is 124 cm³/mol. The number of carbonyl (C=O) groups excluding carboxylic acids is 1. The second-order valence-corrected chi connectivity index (χ2v) is 8.36. The number of halogens is 2. The molecule has 3 rings (SSSR count). The Hall–Kier alpha value is -2.58.